The highest BCUT2D eigenvalue weighted by Crippen LogP contribution is 2.22. The van der Waals surface area contributed by atoms with Crippen molar-refractivity contribution in [3.8, 4) is 0 Å². The van der Waals surface area contributed by atoms with Crippen LogP contribution in [0.4, 0.5) is 0 Å². The molecule has 0 saturated heterocycles. The van der Waals surface area contributed by atoms with E-state index in [0.29, 0.717) is 12.0 Å². The first-order valence-electron chi connectivity index (χ1n) is 5.82. The van der Waals surface area contributed by atoms with Gasteiger partial charge in [-0.25, -0.2) is 0 Å². The molecule has 0 aliphatic rings. The number of rotatable bonds is 5. The van der Waals surface area contributed by atoms with E-state index in [0.717, 1.165) is 30.1 Å². The molecule has 0 atom stereocenters. The molecular weight excluding hydrogens is 208 g/mol. The number of nitrogens with zero attached hydrogens (tertiary/aromatic N) is 2. The van der Waals surface area contributed by atoms with Gasteiger partial charge in [0, 0.05) is 0 Å². The zero-order valence-corrected chi connectivity index (χ0v) is 10.9. The van der Waals surface area contributed by atoms with Crippen LogP contribution in [0.5, 0.6) is 0 Å². The summed E-state index contributed by atoms with van der Waals surface area (Å²) < 4.78 is 1.97. The van der Waals surface area contributed by atoms with Crippen LogP contribution in [0.2, 0.25) is 5.15 Å². The zero-order valence-electron chi connectivity index (χ0n) is 10.1. The SMILES string of the molecule is CCC(CC)n1nc(CC(C)C)cc1Cl. The van der Waals surface area contributed by atoms with E-state index in [4.69, 9.17) is 11.6 Å². The van der Waals surface area contributed by atoms with Crippen LogP contribution in [-0.4, -0.2) is 9.78 Å². The Bertz CT molecular complexity index is 301. The minimum absolute atomic E-state index is 0.443. The molecule has 0 aliphatic heterocycles. The molecule has 2 nitrogen and oxygen atoms in total. The maximum atomic E-state index is 6.18. The second kappa shape index (κ2) is 5.55. The summed E-state index contributed by atoms with van der Waals surface area (Å²) in [7, 11) is 0. The third kappa shape index (κ3) is 3.23. The van der Waals surface area contributed by atoms with Gasteiger partial charge in [-0.2, -0.15) is 5.10 Å². The molecule has 15 heavy (non-hydrogen) atoms. The molecular formula is C12H21ClN2. The maximum Gasteiger partial charge on any atom is 0.127 e. The third-order valence-corrected chi connectivity index (χ3v) is 2.93. The molecule has 0 bridgehead atoms. The Morgan fingerprint density at radius 2 is 1.93 bits per heavy atom. The van der Waals surface area contributed by atoms with Crippen LogP contribution in [-0.2, 0) is 6.42 Å². The van der Waals surface area contributed by atoms with Crippen molar-refractivity contribution in [3.05, 3.63) is 16.9 Å². The normalized spacial score (nSPS) is 11.7. The zero-order chi connectivity index (χ0) is 11.4. The molecule has 1 aromatic heterocycles. The summed E-state index contributed by atoms with van der Waals surface area (Å²) in [6.45, 7) is 8.75. The molecule has 0 unspecified atom stereocenters. The van der Waals surface area contributed by atoms with E-state index in [1.54, 1.807) is 0 Å². The maximum absolute atomic E-state index is 6.18. The molecule has 0 aromatic carbocycles. The summed E-state index contributed by atoms with van der Waals surface area (Å²) in [6, 6.07) is 2.44. The van der Waals surface area contributed by atoms with Gasteiger partial charge in [0.25, 0.3) is 0 Å². The van der Waals surface area contributed by atoms with Crippen molar-refractivity contribution in [2.24, 2.45) is 5.92 Å². The van der Waals surface area contributed by atoms with Gasteiger partial charge in [-0.05, 0) is 31.2 Å². The first kappa shape index (κ1) is 12.6. The van der Waals surface area contributed by atoms with Crippen LogP contribution < -0.4 is 0 Å². The predicted octanol–water partition coefficient (Wildman–Crippen LogP) is 4.10. The molecule has 3 heteroatoms. The fourth-order valence-corrected chi connectivity index (χ4v) is 2.13. The lowest BCUT2D eigenvalue weighted by Crippen LogP contribution is -2.09. The van der Waals surface area contributed by atoms with Gasteiger partial charge in [-0.3, -0.25) is 4.68 Å². The van der Waals surface area contributed by atoms with E-state index < -0.39 is 0 Å². The Morgan fingerprint density at radius 1 is 1.33 bits per heavy atom. The average Bonchev–Trinajstić information content (AvgIpc) is 2.48. The average molecular weight is 229 g/mol. The summed E-state index contributed by atoms with van der Waals surface area (Å²) in [5, 5.41) is 5.35. The highest BCUT2D eigenvalue weighted by Gasteiger charge is 2.13. The monoisotopic (exact) mass is 228 g/mol. The van der Waals surface area contributed by atoms with Gasteiger partial charge in [-0.15, -0.1) is 0 Å². The van der Waals surface area contributed by atoms with Gasteiger partial charge in [0.15, 0.2) is 0 Å². The fraction of sp³-hybridized carbons (Fsp3) is 0.750. The molecule has 1 aromatic rings. The minimum Gasteiger partial charge on any atom is -0.251 e. The second-order valence-electron chi connectivity index (χ2n) is 4.47. The van der Waals surface area contributed by atoms with Gasteiger partial charge in [-0.1, -0.05) is 39.3 Å². The van der Waals surface area contributed by atoms with E-state index in [9.17, 15) is 0 Å². The quantitative estimate of drug-likeness (QED) is 0.742. The van der Waals surface area contributed by atoms with Crippen molar-refractivity contribution in [2.75, 3.05) is 0 Å². The number of halogens is 1. The largest absolute Gasteiger partial charge is 0.251 e. The lowest BCUT2D eigenvalue weighted by atomic mass is 10.1. The van der Waals surface area contributed by atoms with E-state index in [2.05, 4.69) is 32.8 Å². The Kier molecular flexibility index (Phi) is 4.65. The Morgan fingerprint density at radius 3 is 2.40 bits per heavy atom. The molecule has 0 spiro atoms. The topological polar surface area (TPSA) is 17.8 Å². The van der Waals surface area contributed by atoms with E-state index >= 15 is 0 Å². The van der Waals surface area contributed by atoms with Crippen molar-refractivity contribution in [1.82, 2.24) is 9.78 Å². The number of hydrogen-bond donors (Lipinski definition) is 0. The van der Waals surface area contributed by atoms with Crippen LogP contribution in [0, 0.1) is 5.92 Å². The van der Waals surface area contributed by atoms with Crippen molar-refractivity contribution in [1.29, 1.82) is 0 Å². The third-order valence-electron chi connectivity index (χ3n) is 2.65. The Labute approximate surface area is 97.6 Å². The van der Waals surface area contributed by atoms with Crippen molar-refractivity contribution in [2.45, 2.75) is 53.0 Å². The van der Waals surface area contributed by atoms with Gasteiger partial charge in [0.05, 0.1) is 11.7 Å². The molecule has 0 aliphatic carbocycles. The van der Waals surface area contributed by atoms with Crippen LogP contribution in [0.25, 0.3) is 0 Å². The number of aromatic nitrogens is 2. The van der Waals surface area contributed by atoms with Crippen LogP contribution in [0.3, 0.4) is 0 Å². The smallest absolute Gasteiger partial charge is 0.127 e. The highest BCUT2D eigenvalue weighted by molar-refractivity contribution is 6.29. The van der Waals surface area contributed by atoms with Gasteiger partial charge in [0.2, 0.25) is 0 Å². The van der Waals surface area contributed by atoms with Gasteiger partial charge in [0.1, 0.15) is 5.15 Å². The lowest BCUT2D eigenvalue weighted by Gasteiger charge is -2.13. The summed E-state index contributed by atoms with van der Waals surface area (Å²) in [6.07, 6.45) is 3.17. The lowest BCUT2D eigenvalue weighted by molar-refractivity contribution is 0.424. The molecule has 1 heterocycles. The first-order valence-corrected chi connectivity index (χ1v) is 6.20. The predicted molar refractivity (Wildman–Crippen MR) is 65.4 cm³/mol. The molecule has 0 fully saturated rings. The highest BCUT2D eigenvalue weighted by atomic mass is 35.5. The summed E-state index contributed by atoms with van der Waals surface area (Å²) in [5.74, 6) is 0.631. The van der Waals surface area contributed by atoms with Gasteiger partial charge >= 0.3 is 0 Å². The molecule has 86 valence electrons. The fourth-order valence-electron chi connectivity index (χ4n) is 1.83. The summed E-state index contributed by atoms with van der Waals surface area (Å²) in [5.41, 5.74) is 1.11. The first-order chi connectivity index (χ1) is 7.08. The number of hydrogen-bond acceptors (Lipinski definition) is 1. The van der Waals surface area contributed by atoms with Crippen molar-refractivity contribution >= 4 is 11.6 Å². The van der Waals surface area contributed by atoms with Crippen LogP contribution in [0.15, 0.2) is 6.07 Å². The van der Waals surface area contributed by atoms with Crippen LogP contribution >= 0.6 is 11.6 Å². The summed E-state index contributed by atoms with van der Waals surface area (Å²) >= 11 is 6.18. The summed E-state index contributed by atoms with van der Waals surface area (Å²) in [4.78, 5) is 0. The van der Waals surface area contributed by atoms with E-state index in [-0.39, 0.29) is 0 Å². The Balaban J connectivity index is 2.85. The second-order valence-corrected chi connectivity index (χ2v) is 4.86. The van der Waals surface area contributed by atoms with E-state index in [1.165, 1.54) is 0 Å². The van der Waals surface area contributed by atoms with E-state index in [1.807, 2.05) is 10.7 Å². The molecule has 0 radical (unpaired) electrons. The standard InChI is InChI=1S/C12H21ClN2/c1-5-11(6-2)15-12(13)8-10(14-15)7-9(3)4/h8-9,11H,5-7H2,1-4H3. The minimum atomic E-state index is 0.443. The molecule has 0 amide bonds. The van der Waals surface area contributed by atoms with Crippen LogP contribution in [0.1, 0.15) is 52.3 Å². The molecule has 0 N–H and O–H groups in total. The van der Waals surface area contributed by atoms with Crippen molar-refractivity contribution < 1.29 is 0 Å². The van der Waals surface area contributed by atoms with Crippen molar-refractivity contribution in [3.63, 3.8) is 0 Å². The van der Waals surface area contributed by atoms with Gasteiger partial charge < -0.3 is 0 Å². The Hall–Kier alpha value is -0.500. The molecule has 0 saturated carbocycles. The molecule has 1 rings (SSSR count).